The number of nitrogens with one attached hydrogen (secondary N) is 1. The van der Waals surface area contributed by atoms with Gasteiger partial charge in [0.1, 0.15) is 0 Å². The zero-order valence-corrected chi connectivity index (χ0v) is 11.7. The molecule has 0 spiro atoms. The van der Waals surface area contributed by atoms with Crippen LogP contribution in [0.15, 0.2) is 23.1 Å². The number of hydrogen-bond donors (Lipinski definition) is 1. The number of hydrogen-bond acceptors (Lipinski definition) is 2. The summed E-state index contributed by atoms with van der Waals surface area (Å²) in [5.41, 5.74) is 1.65. The third kappa shape index (κ3) is 3.15. The molecule has 100 valence electrons. The molecule has 2 rings (SSSR count). The second-order valence-electron chi connectivity index (χ2n) is 6.12. The summed E-state index contributed by atoms with van der Waals surface area (Å²) in [6.45, 7) is 7.42. The third-order valence-corrected chi connectivity index (χ3v) is 4.03. The maximum absolute atomic E-state index is 11.5. The standard InChI is InChI=1S/C15H24N2O/c1-4-17-11-13(5-6-14(17)18)16-12-7-9-15(2,3)10-8-12/h5-6,11-12,16H,4,7-10H2,1-3H3. The van der Waals surface area contributed by atoms with Crippen molar-refractivity contribution in [2.75, 3.05) is 5.32 Å². The van der Waals surface area contributed by atoms with E-state index in [0.29, 0.717) is 11.5 Å². The Morgan fingerprint density at radius 3 is 2.61 bits per heavy atom. The molecule has 0 unspecified atom stereocenters. The van der Waals surface area contributed by atoms with Crippen LogP contribution in [0.3, 0.4) is 0 Å². The van der Waals surface area contributed by atoms with E-state index in [4.69, 9.17) is 0 Å². The molecule has 18 heavy (non-hydrogen) atoms. The molecule has 3 nitrogen and oxygen atoms in total. The number of pyridine rings is 1. The molecule has 0 aliphatic heterocycles. The molecule has 0 bridgehead atoms. The van der Waals surface area contributed by atoms with Crippen LogP contribution in [-0.2, 0) is 6.54 Å². The quantitative estimate of drug-likeness (QED) is 0.891. The maximum atomic E-state index is 11.5. The molecule has 1 aromatic rings. The molecule has 0 amide bonds. The van der Waals surface area contributed by atoms with E-state index in [0.717, 1.165) is 12.2 Å². The lowest BCUT2D eigenvalue weighted by atomic mass is 9.75. The minimum Gasteiger partial charge on any atom is -0.381 e. The highest BCUT2D eigenvalue weighted by Gasteiger charge is 2.26. The van der Waals surface area contributed by atoms with Crippen molar-refractivity contribution < 1.29 is 0 Å². The molecule has 1 saturated carbocycles. The largest absolute Gasteiger partial charge is 0.381 e. The molecule has 1 fully saturated rings. The molecule has 0 radical (unpaired) electrons. The number of anilines is 1. The normalized spacial score (nSPS) is 19.7. The first-order valence-electron chi connectivity index (χ1n) is 6.97. The average molecular weight is 248 g/mol. The molecular formula is C15H24N2O. The van der Waals surface area contributed by atoms with Crippen LogP contribution in [0.2, 0.25) is 0 Å². The Kier molecular flexibility index (Phi) is 3.79. The van der Waals surface area contributed by atoms with Gasteiger partial charge in [0.2, 0.25) is 0 Å². The van der Waals surface area contributed by atoms with E-state index in [9.17, 15) is 4.79 Å². The van der Waals surface area contributed by atoms with E-state index in [1.807, 2.05) is 19.2 Å². The Morgan fingerprint density at radius 2 is 2.00 bits per heavy atom. The molecule has 1 aliphatic carbocycles. The van der Waals surface area contributed by atoms with E-state index in [1.165, 1.54) is 25.7 Å². The van der Waals surface area contributed by atoms with Crippen molar-refractivity contribution in [1.29, 1.82) is 0 Å². The van der Waals surface area contributed by atoms with Gasteiger partial charge in [-0.25, -0.2) is 0 Å². The molecule has 1 N–H and O–H groups in total. The SMILES string of the molecule is CCn1cc(NC2CCC(C)(C)CC2)ccc1=O. The fourth-order valence-corrected chi connectivity index (χ4v) is 2.64. The zero-order chi connectivity index (χ0) is 13.2. The minimum atomic E-state index is 0.0767. The number of aryl methyl sites for hydroxylation is 1. The van der Waals surface area contributed by atoms with Gasteiger partial charge in [0.05, 0.1) is 5.69 Å². The highest BCUT2D eigenvalue weighted by atomic mass is 16.1. The topological polar surface area (TPSA) is 34.0 Å². The van der Waals surface area contributed by atoms with Crippen LogP contribution in [0.4, 0.5) is 5.69 Å². The Labute approximate surface area is 109 Å². The highest BCUT2D eigenvalue weighted by molar-refractivity contribution is 5.41. The van der Waals surface area contributed by atoms with Crippen molar-refractivity contribution in [2.24, 2.45) is 5.41 Å². The number of rotatable bonds is 3. The molecule has 3 heteroatoms. The zero-order valence-electron chi connectivity index (χ0n) is 11.7. The summed E-state index contributed by atoms with van der Waals surface area (Å²) in [4.78, 5) is 11.5. The van der Waals surface area contributed by atoms with Crippen LogP contribution in [-0.4, -0.2) is 10.6 Å². The van der Waals surface area contributed by atoms with Crippen LogP contribution in [0.25, 0.3) is 0 Å². The smallest absolute Gasteiger partial charge is 0.250 e. The fourth-order valence-electron chi connectivity index (χ4n) is 2.64. The van der Waals surface area contributed by atoms with Crippen molar-refractivity contribution in [3.63, 3.8) is 0 Å². The first-order valence-corrected chi connectivity index (χ1v) is 6.97. The molecule has 1 aromatic heterocycles. The molecule has 1 aliphatic rings. The molecule has 0 aromatic carbocycles. The molecule has 0 atom stereocenters. The lowest BCUT2D eigenvalue weighted by molar-refractivity contribution is 0.232. The predicted octanol–water partition coefficient (Wildman–Crippen LogP) is 3.25. The van der Waals surface area contributed by atoms with Crippen molar-refractivity contribution in [1.82, 2.24) is 4.57 Å². The molecule has 0 saturated heterocycles. The van der Waals surface area contributed by atoms with E-state index >= 15 is 0 Å². The summed E-state index contributed by atoms with van der Waals surface area (Å²) in [6.07, 6.45) is 6.93. The van der Waals surface area contributed by atoms with Gasteiger partial charge in [-0.15, -0.1) is 0 Å². The third-order valence-electron chi connectivity index (χ3n) is 4.03. The van der Waals surface area contributed by atoms with E-state index in [-0.39, 0.29) is 5.56 Å². The lowest BCUT2D eigenvalue weighted by Crippen LogP contribution is -2.30. The van der Waals surface area contributed by atoms with Crippen LogP contribution < -0.4 is 10.9 Å². The first kappa shape index (κ1) is 13.2. The van der Waals surface area contributed by atoms with Gasteiger partial charge in [0, 0.05) is 24.8 Å². The summed E-state index contributed by atoms with van der Waals surface area (Å²) in [7, 11) is 0. The van der Waals surface area contributed by atoms with Gasteiger partial charge in [-0.1, -0.05) is 13.8 Å². The van der Waals surface area contributed by atoms with Crippen molar-refractivity contribution >= 4 is 5.69 Å². The second-order valence-corrected chi connectivity index (χ2v) is 6.12. The Morgan fingerprint density at radius 1 is 1.33 bits per heavy atom. The van der Waals surface area contributed by atoms with E-state index < -0.39 is 0 Å². The maximum Gasteiger partial charge on any atom is 0.250 e. The Hall–Kier alpha value is -1.25. The van der Waals surface area contributed by atoms with E-state index in [2.05, 4.69) is 19.2 Å². The van der Waals surface area contributed by atoms with Crippen LogP contribution in [0.5, 0.6) is 0 Å². The summed E-state index contributed by atoms with van der Waals surface area (Å²) in [5, 5.41) is 3.56. The Balaban J connectivity index is 2.00. The highest BCUT2D eigenvalue weighted by Crippen LogP contribution is 2.35. The van der Waals surface area contributed by atoms with Gasteiger partial charge >= 0.3 is 0 Å². The van der Waals surface area contributed by atoms with Crippen LogP contribution in [0, 0.1) is 5.41 Å². The van der Waals surface area contributed by atoms with Crippen molar-refractivity contribution in [3.05, 3.63) is 28.7 Å². The summed E-state index contributed by atoms with van der Waals surface area (Å²) in [5.74, 6) is 0. The summed E-state index contributed by atoms with van der Waals surface area (Å²) in [6, 6.07) is 4.10. The number of aromatic nitrogens is 1. The Bertz CT molecular complexity index is 452. The average Bonchev–Trinajstić information content (AvgIpc) is 2.34. The summed E-state index contributed by atoms with van der Waals surface area (Å²) >= 11 is 0. The van der Waals surface area contributed by atoms with Crippen molar-refractivity contribution in [2.45, 2.75) is 59.0 Å². The van der Waals surface area contributed by atoms with Crippen LogP contribution in [0.1, 0.15) is 46.5 Å². The van der Waals surface area contributed by atoms with Crippen LogP contribution >= 0.6 is 0 Å². The molecular weight excluding hydrogens is 224 g/mol. The van der Waals surface area contributed by atoms with Gasteiger partial charge in [-0.05, 0) is 44.1 Å². The van der Waals surface area contributed by atoms with Gasteiger partial charge in [0.15, 0.2) is 0 Å². The van der Waals surface area contributed by atoms with Gasteiger partial charge in [0.25, 0.3) is 5.56 Å². The molecule has 1 heterocycles. The number of nitrogens with zero attached hydrogens (tertiary/aromatic N) is 1. The lowest BCUT2D eigenvalue weighted by Gasteiger charge is -2.35. The van der Waals surface area contributed by atoms with Crippen molar-refractivity contribution in [3.8, 4) is 0 Å². The summed E-state index contributed by atoms with van der Waals surface area (Å²) < 4.78 is 1.75. The monoisotopic (exact) mass is 248 g/mol. The first-order chi connectivity index (χ1) is 8.50. The van der Waals surface area contributed by atoms with Gasteiger partial charge in [-0.2, -0.15) is 0 Å². The fraction of sp³-hybridized carbons (Fsp3) is 0.667. The van der Waals surface area contributed by atoms with Gasteiger partial charge in [-0.3, -0.25) is 4.79 Å². The van der Waals surface area contributed by atoms with E-state index in [1.54, 1.807) is 10.6 Å². The minimum absolute atomic E-state index is 0.0767. The second kappa shape index (κ2) is 5.17. The predicted molar refractivity (Wildman–Crippen MR) is 76.0 cm³/mol. The van der Waals surface area contributed by atoms with Gasteiger partial charge < -0.3 is 9.88 Å².